The average Bonchev–Trinajstić information content (AvgIpc) is 2.83. The van der Waals surface area contributed by atoms with Crippen molar-refractivity contribution in [3.05, 3.63) is 0 Å². The van der Waals surface area contributed by atoms with E-state index in [0.717, 1.165) is 12.8 Å². The second-order valence-electron chi connectivity index (χ2n) is 6.79. The molecule has 0 radical (unpaired) electrons. The molecule has 2 aliphatic heterocycles. The lowest BCUT2D eigenvalue weighted by Crippen LogP contribution is -2.58. The number of hydrogen-bond donors (Lipinski definition) is 1. The number of fused-ring (bicyclic) bond motifs is 1. The fourth-order valence-corrected chi connectivity index (χ4v) is 3.11. The summed E-state index contributed by atoms with van der Waals surface area (Å²) in [7, 11) is 1.32. The summed E-state index contributed by atoms with van der Waals surface area (Å²) in [5, 5.41) is 2.61. The summed E-state index contributed by atoms with van der Waals surface area (Å²) in [6.07, 6.45) is 2.12. The van der Waals surface area contributed by atoms with Gasteiger partial charge in [-0.3, -0.25) is 4.79 Å². The molecule has 0 aliphatic carbocycles. The number of methoxy groups -OCH3 is 1. The van der Waals surface area contributed by atoms with Gasteiger partial charge in [0.2, 0.25) is 5.91 Å². The van der Waals surface area contributed by atoms with Crippen molar-refractivity contribution in [3.8, 4) is 0 Å². The zero-order valence-corrected chi connectivity index (χ0v) is 13.5. The average molecular weight is 312 g/mol. The van der Waals surface area contributed by atoms with Crippen molar-refractivity contribution in [2.75, 3.05) is 7.11 Å². The first kappa shape index (κ1) is 16.6. The van der Waals surface area contributed by atoms with Gasteiger partial charge >= 0.3 is 12.1 Å². The summed E-state index contributed by atoms with van der Waals surface area (Å²) in [5.74, 6) is -0.622. The van der Waals surface area contributed by atoms with Gasteiger partial charge < -0.3 is 19.7 Å². The number of nitrogens with zero attached hydrogens (tertiary/aromatic N) is 1. The Balaban J connectivity index is 2.03. The van der Waals surface area contributed by atoms with Crippen LogP contribution in [0.25, 0.3) is 0 Å². The van der Waals surface area contributed by atoms with E-state index >= 15 is 0 Å². The topological polar surface area (TPSA) is 84.9 Å². The number of piperidine rings is 1. The predicted molar refractivity (Wildman–Crippen MR) is 78.1 cm³/mol. The lowest BCUT2D eigenvalue weighted by Gasteiger charge is -2.37. The molecule has 1 N–H and O–H groups in total. The van der Waals surface area contributed by atoms with Crippen molar-refractivity contribution in [1.82, 2.24) is 10.2 Å². The van der Waals surface area contributed by atoms with Crippen LogP contribution in [0.3, 0.4) is 0 Å². The number of carbonyl (C=O) groups excluding carboxylic acids is 3. The lowest BCUT2D eigenvalue weighted by molar-refractivity contribution is -0.154. The van der Waals surface area contributed by atoms with E-state index in [4.69, 9.17) is 9.47 Å². The molecular weight excluding hydrogens is 288 g/mol. The molecule has 0 aromatic rings. The van der Waals surface area contributed by atoms with Gasteiger partial charge in [0.05, 0.1) is 7.11 Å². The zero-order valence-electron chi connectivity index (χ0n) is 13.5. The fraction of sp³-hybridized carbons (Fsp3) is 0.800. The number of ether oxygens (including phenoxy) is 2. The highest BCUT2D eigenvalue weighted by molar-refractivity contribution is 5.91. The van der Waals surface area contributed by atoms with Crippen molar-refractivity contribution in [3.63, 3.8) is 0 Å². The first-order valence-corrected chi connectivity index (χ1v) is 7.62. The first-order valence-electron chi connectivity index (χ1n) is 7.62. The van der Waals surface area contributed by atoms with Gasteiger partial charge in [-0.25, -0.2) is 9.59 Å². The van der Waals surface area contributed by atoms with Gasteiger partial charge in [0, 0.05) is 6.04 Å². The number of carbonyl (C=O) groups is 3. The Kier molecular flexibility index (Phi) is 4.63. The summed E-state index contributed by atoms with van der Waals surface area (Å²) in [6, 6.07) is -1.12. The van der Waals surface area contributed by atoms with Crippen molar-refractivity contribution in [2.45, 2.75) is 70.2 Å². The Bertz CT molecular complexity index is 471. The van der Waals surface area contributed by atoms with Crippen molar-refractivity contribution >= 4 is 18.0 Å². The number of esters is 1. The Morgan fingerprint density at radius 2 is 1.82 bits per heavy atom. The minimum atomic E-state index is -0.642. The van der Waals surface area contributed by atoms with Crippen LogP contribution in [0.1, 0.15) is 46.5 Å². The Morgan fingerprint density at radius 1 is 1.18 bits per heavy atom. The first-order chi connectivity index (χ1) is 10.2. The summed E-state index contributed by atoms with van der Waals surface area (Å²) in [4.78, 5) is 37.8. The highest BCUT2D eigenvalue weighted by Gasteiger charge is 2.47. The summed E-state index contributed by atoms with van der Waals surface area (Å²) >= 11 is 0. The molecule has 0 spiro atoms. The Hall–Kier alpha value is -1.79. The van der Waals surface area contributed by atoms with E-state index in [1.165, 1.54) is 7.11 Å². The third-order valence-corrected chi connectivity index (χ3v) is 4.01. The number of nitrogens with one attached hydrogen (secondary N) is 1. The molecule has 0 aromatic heterocycles. The maximum atomic E-state index is 12.6. The van der Waals surface area contributed by atoms with Crippen LogP contribution >= 0.6 is 0 Å². The lowest BCUT2D eigenvalue weighted by atomic mass is 9.98. The molecule has 0 unspecified atom stereocenters. The second-order valence-corrected chi connectivity index (χ2v) is 6.79. The molecule has 7 nitrogen and oxygen atoms in total. The molecule has 3 atom stereocenters. The van der Waals surface area contributed by atoms with Gasteiger partial charge in [0.25, 0.3) is 0 Å². The standard InChI is InChI=1S/C15H24N2O5/c1-15(2,3)22-14(20)16-10-7-5-9-6-8-11(13(19)21-4)17(9)12(10)18/h9-11H,5-8H2,1-4H3,(H,16,20)/t9-,10+,11+/m0/s1. The monoisotopic (exact) mass is 312 g/mol. The van der Waals surface area contributed by atoms with Gasteiger partial charge in [0.15, 0.2) is 0 Å². The van der Waals surface area contributed by atoms with Gasteiger partial charge in [-0.05, 0) is 46.5 Å². The minimum absolute atomic E-state index is 0.0632. The zero-order chi connectivity index (χ0) is 16.5. The molecule has 0 bridgehead atoms. The minimum Gasteiger partial charge on any atom is -0.467 e. The van der Waals surface area contributed by atoms with Crippen LogP contribution in [-0.2, 0) is 19.1 Å². The van der Waals surface area contributed by atoms with E-state index in [0.29, 0.717) is 12.8 Å². The molecule has 2 rings (SSSR count). The van der Waals surface area contributed by atoms with Crippen LogP contribution in [0.15, 0.2) is 0 Å². The highest BCUT2D eigenvalue weighted by Crippen LogP contribution is 2.33. The van der Waals surface area contributed by atoms with Gasteiger partial charge in [-0.1, -0.05) is 0 Å². The van der Waals surface area contributed by atoms with E-state index in [1.54, 1.807) is 25.7 Å². The summed E-state index contributed by atoms with van der Waals surface area (Å²) in [5.41, 5.74) is -0.619. The number of hydrogen-bond acceptors (Lipinski definition) is 5. The molecule has 2 heterocycles. The fourth-order valence-electron chi connectivity index (χ4n) is 3.11. The van der Waals surface area contributed by atoms with Crippen molar-refractivity contribution < 1.29 is 23.9 Å². The smallest absolute Gasteiger partial charge is 0.408 e. The van der Waals surface area contributed by atoms with E-state index < -0.39 is 29.7 Å². The molecule has 0 saturated carbocycles. The van der Waals surface area contributed by atoms with Crippen LogP contribution in [-0.4, -0.2) is 53.7 Å². The van der Waals surface area contributed by atoms with Gasteiger partial charge in [-0.15, -0.1) is 0 Å². The largest absolute Gasteiger partial charge is 0.467 e. The van der Waals surface area contributed by atoms with Crippen LogP contribution in [0, 0.1) is 0 Å². The summed E-state index contributed by atoms with van der Waals surface area (Å²) < 4.78 is 9.95. The number of amides is 2. The molecule has 2 fully saturated rings. The van der Waals surface area contributed by atoms with E-state index in [2.05, 4.69) is 5.32 Å². The molecular formula is C15H24N2O5. The maximum absolute atomic E-state index is 12.6. The van der Waals surface area contributed by atoms with Crippen LogP contribution in [0.4, 0.5) is 4.79 Å². The normalized spacial score (nSPS) is 28.1. The van der Waals surface area contributed by atoms with E-state index in [1.807, 2.05) is 0 Å². The van der Waals surface area contributed by atoms with Gasteiger partial charge in [-0.2, -0.15) is 0 Å². The predicted octanol–water partition coefficient (Wildman–Crippen LogP) is 1.21. The van der Waals surface area contributed by atoms with E-state index in [-0.39, 0.29) is 11.9 Å². The quantitative estimate of drug-likeness (QED) is 0.775. The van der Waals surface area contributed by atoms with Crippen LogP contribution in [0.5, 0.6) is 0 Å². The Labute approximate surface area is 130 Å². The molecule has 2 aliphatic rings. The number of rotatable bonds is 2. The SMILES string of the molecule is COC(=O)[C@H]1CC[C@@H]2CC[C@@H](NC(=O)OC(C)(C)C)C(=O)N21. The van der Waals surface area contributed by atoms with Crippen molar-refractivity contribution in [1.29, 1.82) is 0 Å². The molecule has 124 valence electrons. The van der Waals surface area contributed by atoms with E-state index in [9.17, 15) is 14.4 Å². The Morgan fingerprint density at radius 3 is 2.41 bits per heavy atom. The van der Waals surface area contributed by atoms with Gasteiger partial charge in [0.1, 0.15) is 17.7 Å². The molecule has 2 amide bonds. The van der Waals surface area contributed by atoms with Crippen molar-refractivity contribution in [2.24, 2.45) is 0 Å². The molecule has 22 heavy (non-hydrogen) atoms. The molecule has 7 heteroatoms. The summed E-state index contributed by atoms with van der Waals surface area (Å²) in [6.45, 7) is 5.29. The maximum Gasteiger partial charge on any atom is 0.408 e. The molecule has 0 aromatic carbocycles. The third-order valence-electron chi connectivity index (χ3n) is 4.01. The number of alkyl carbamates (subject to hydrolysis) is 1. The van der Waals surface area contributed by atoms with Crippen LogP contribution < -0.4 is 5.32 Å². The third kappa shape index (κ3) is 3.51. The van der Waals surface area contributed by atoms with Crippen LogP contribution in [0.2, 0.25) is 0 Å². The second kappa shape index (κ2) is 6.14. The highest BCUT2D eigenvalue weighted by atomic mass is 16.6. The molecule has 2 saturated heterocycles.